The number of rotatable bonds is 3. The molecule has 0 unspecified atom stereocenters. The maximum Gasteiger partial charge on any atom is 0.175 e. The van der Waals surface area contributed by atoms with Gasteiger partial charge in [0.1, 0.15) is 4.83 Å². The van der Waals surface area contributed by atoms with E-state index in [9.17, 15) is 13.2 Å². The number of carbonyl (C=O) groups excluding carboxylic acids is 1. The lowest BCUT2D eigenvalue weighted by Crippen LogP contribution is -2.04. The molecule has 4 rings (SSSR count). The molecule has 26 heavy (non-hydrogen) atoms. The van der Waals surface area contributed by atoms with Crippen LogP contribution in [0.1, 0.15) is 39.8 Å². The largest absolute Gasteiger partial charge is 0.294 e. The molecule has 0 radical (unpaired) electrons. The van der Waals surface area contributed by atoms with Crippen LogP contribution in [0.4, 0.5) is 0 Å². The van der Waals surface area contributed by atoms with E-state index in [0.717, 1.165) is 46.3 Å². The Morgan fingerprint density at radius 1 is 1.15 bits per heavy atom. The second-order valence-electron chi connectivity index (χ2n) is 6.84. The summed E-state index contributed by atoms with van der Waals surface area (Å²) in [6.45, 7) is 3.44. The molecule has 0 fully saturated rings. The number of hydrogen-bond acceptors (Lipinski definition) is 5. The number of fused-ring (bicyclic) bond motifs is 3. The van der Waals surface area contributed by atoms with Gasteiger partial charge in [0.25, 0.3) is 0 Å². The first-order valence-electron chi connectivity index (χ1n) is 8.53. The SMILES string of the molecule is CC(=O)c1c(C)nc2sc3c(c2c1-c1ccc(S(C)(=O)=O)cc1)CCC3. The third-order valence-corrected chi connectivity index (χ3v) is 7.27. The Labute approximate surface area is 156 Å². The van der Waals surface area contributed by atoms with Gasteiger partial charge in [-0.1, -0.05) is 12.1 Å². The first-order chi connectivity index (χ1) is 12.3. The number of thiophene rings is 1. The summed E-state index contributed by atoms with van der Waals surface area (Å²) in [7, 11) is -3.25. The minimum absolute atomic E-state index is 0.0166. The molecule has 0 atom stereocenters. The van der Waals surface area contributed by atoms with Crippen molar-refractivity contribution in [3.8, 4) is 11.1 Å². The zero-order valence-corrected chi connectivity index (χ0v) is 16.6. The van der Waals surface area contributed by atoms with Crippen molar-refractivity contribution in [3.05, 3.63) is 46.0 Å². The van der Waals surface area contributed by atoms with Crippen LogP contribution in [0.15, 0.2) is 29.2 Å². The fourth-order valence-electron chi connectivity index (χ4n) is 3.83. The lowest BCUT2D eigenvalue weighted by atomic mass is 9.92. The lowest BCUT2D eigenvalue weighted by molar-refractivity contribution is 0.101. The van der Waals surface area contributed by atoms with E-state index < -0.39 is 9.84 Å². The molecule has 6 heteroatoms. The molecule has 1 aliphatic rings. The van der Waals surface area contributed by atoms with Gasteiger partial charge in [0.2, 0.25) is 0 Å². The van der Waals surface area contributed by atoms with Crippen molar-refractivity contribution in [2.24, 2.45) is 0 Å². The van der Waals surface area contributed by atoms with Gasteiger partial charge in [0.05, 0.1) is 10.6 Å². The van der Waals surface area contributed by atoms with Crippen molar-refractivity contribution in [1.29, 1.82) is 0 Å². The Bertz CT molecular complexity index is 1160. The number of sulfone groups is 1. The van der Waals surface area contributed by atoms with Crippen LogP contribution < -0.4 is 0 Å². The zero-order valence-electron chi connectivity index (χ0n) is 14.9. The Morgan fingerprint density at radius 2 is 1.85 bits per heavy atom. The highest BCUT2D eigenvalue weighted by Gasteiger charge is 2.25. The average Bonchev–Trinajstić information content (AvgIpc) is 3.13. The molecule has 0 amide bonds. The first-order valence-corrected chi connectivity index (χ1v) is 11.2. The first kappa shape index (κ1) is 17.4. The summed E-state index contributed by atoms with van der Waals surface area (Å²) in [5.41, 5.74) is 4.44. The third-order valence-electron chi connectivity index (χ3n) is 4.96. The highest BCUT2D eigenvalue weighted by atomic mass is 32.2. The van der Waals surface area contributed by atoms with Crippen LogP contribution in [0.2, 0.25) is 0 Å². The van der Waals surface area contributed by atoms with Crippen molar-refractivity contribution < 1.29 is 13.2 Å². The predicted molar refractivity (Wildman–Crippen MR) is 105 cm³/mol. The minimum atomic E-state index is -3.25. The third kappa shape index (κ3) is 2.68. The molecule has 0 N–H and O–H groups in total. The molecule has 1 aliphatic carbocycles. The number of nitrogens with zero attached hydrogens (tertiary/aromatic N) is 1. The van der Waals surface area contributed by atoms with Crippen LogP contribution in [0, 0.1) is 6.92 Å². The smallest absolute Gasteiger partial charge is 0.175 e. The summed E-state index contributed by atoms with van der Waals surface area (Å²) in [5.74, 6) is -0.0166. The number of carbonyl (C=O) groups is 1. The predicted octanol–water partition coefficient (Wildman–Crippen LogP) is 4.37. The van der Waals surface area contributed by atoms with E-state index in [0.29, 0.717) is 5.56 Å². The summed E-state index contributed by atoms with van der Waals surface area (Å²) in [5, 5.41) is 1.07. The van der Waals surface area contributed by atoms with Crippen LogP contribution in [-0.2, 0) is 22.7 Å². The number of benzene rings is 1. The van der Waals surface area contributed by atoms with E-state index in [1.54, 1.807) is 42.5 Å². The van der Waals surface area contributed by atoms with Gasteiger partial charge in [-0.05, 0) is 56.4 Å². The van der Waals surface area contributed by atoms with Crippen LogP contribution in [0.3, 0.4) is 0 Å². The number of Topliss-reactive ketones (excluding diaryl/α,β-unsaturated/α-hetero) is 1. The molecule has 0 spiro atoms. The van der Waals surface area contributed by atoms with Gasteiger partial charge in [-0.25, -0.2) is 13.4 Å². The summed E-state index contributed by atoms with van der Waals surface area (Å²) in [4.78, 5) is 19.7. The van der Waals surface area contributed by atoms with Gasteiger partial charge in [-0.2, -0.15) is 0 Å². The Kier molecular flexibility index (Phi) is 4.00. The fraction of sp³-hybridized carbons (Fsp3) is 0.300. The van der Waals surface area contributed by atoms with Gasteiger partial charge in [0, 0.05) is 27.6 Å². The van der Waals surface area contributed by atoms with Crippen molar-refractivity contribution in [1.82, 2.24) is 4.98 Å². The molecule has 0 saturated carbocycles. The molecule has 0 saturated heterocycles. The van der Waals surface area contributed by atoms with E-state index in [1.807, 2.05) is 6.92 Å². The number of ketones is 1. The Hall–Kier alpha value is -2.05. The second kappa shape index (κ2) is 5.99. The van der Waals surface area contributed by atoms with Gasteiger partial charge in [-0.15, -0.1) is 11.3 Å². The molecule has 3 aromatic rings. The van der Waals surface area contributed by atoms with E-state index in [4.69, 9.17) is 4.98 Å². The van der Waals surface area contributed by atoms with Crippen LogP contribution in [0.25, 0.3) is 21.3 Å². The topological polar surface area (TPSA) is 64.1 Å². The highest BCUT2D eigenvalue weighted by Crippen LogP contribution is 2.43. The zero-order chi connectivity index (χ0) is 18.6. The molecule has 134 valence electrons. The Balaban J connectivity index is 2.07. The molecule has 0 bridgehead atoms. The molecular formula is C20H19NO3S2. The highest BCUT2D eigenvalue weighted by molar-refractivity contribution is 7.90. The number of pyridine rings is 1. The minimum Gasteiger partial charge on any atom is -0.294 e. The molecule has 4 nitrogen and oxygen atoms in total. The lowest BCUT2D eigenvalue weighted by Gasteiger charge is -2.13. The summed E-state index contributed by atoms with van der Waals surface area (Å²) in [6, 6.07) is 6.83. The van der Waals surface area contributed by atoms with Crippen molar-refractivity contribution in [3.63, 3.8) is 0 Å². The van der Waals surface area contributed by atoms with E-state index in [-0.39, 0.29) is 10.7 Å². The molecule has 1 aromatic carbocycles. The maximum atomic E-state index is 12.4. The monoisotopic (exact) mass is 385 g/mol. The normalized spacial score (nSPS) is 14.0. The standard InChI is InChI=1S/C20H19NO3S2/c1-11-17(12(2)22)18(13-7-9-14(10-8-13)26(3,23)24)19-15-5-4-6-16(15)25-20(19)21-11/h7-10H,4-6H2,1-3H3. The van der Waals surface area contributed by atoms with Crippen molar-refractivity contribution in [2.75, 3.05) is 6.26 Å². The quantitative estimate of drug-likeness (QED) is 0.628. The van der Waals surface area contributed by atoms with Crippen molar-refractivity contribution in [2.45, 2.75) is 38.0 Å². The van der Waals surface area contributed by atoms with Gasteiger partial charge in [-0.3, -0.25) is 4.79 Å². The summed E-state index contributed by atoms with van der Waals surface area (Å²) in [6.07, 6.45) is 4.40. The van der Waals surface area contributed by atoms with Crippen LogP contribution >= 0.6 is 11.3 Å². The van der Waals surface area contributed by atoms with Crippen molar-refractivity contribution >= 4 is 37.2 Å². The van der Waals surface area contributed by atoms with Gasteiger partial charge >= 0.3 is 0 Å². The molecule has 2 heterocycles. The van der Waals surface area contributed by atoms with Gasteiger partial charge < -0.3 is 0 Å². The van der Waals surface area contributed by atoms with E-state index >= 15 is 0 Å². The number of aromatic nitrogens is 1. The second-order valence-corrected chi connectivity index (χ2v) is 9.94. The van der Waals surface area contributed by atoms with Crippen LogP contribution in [-0.4, -0.2) is 25.4 Å². The molecular weight excluding hydrogens is 366 g/mol. The number of aryl methyl sites for hydroxylation is 3. The van der Waals surface area contributed by atoms with Gasteiger partial charge in [0.15, 0.2) is 15.6 Å². The summed E-state index contributed by atoms with van der Waals surface area (Å²) >= 11 is 1.72. The number of hydrogen-bond donors (Lipinski definition) is 0. The average molecular weight is 386 g/mol. The molecule has 2 aromatic heterocycles. The summed E-state index contributed by atoms with van der Waals surface area (Å²) < 4.78 is 23.5. The van der Waals surface area contributed by atoms with E-state index in [2.05, 4.69) is 0 Å². The maximum absolute atomic E-state index is 12.4. The van der Waals surface area contributed by atoms with E-state index in [1.165, 1.54) is 16.7 Å². The van der Waals surface area contributed by atoms with Crippen LogP contribution in [0.5, 0.6) is 0 Å². The fourth-order valence-corrected chi connectivity index (χ4v) is 5.78. The Morgan fingerprint density at radius 3 is 2.46 bits per heavy atom. The molecule has 0 aliphatic heterocycles.